The van der Waals surface area contributed by atoms with Crippen molar-refractivity contribution >= 4 is 15.9 Å². The molecule has 2 heteroatoms. The topological polar surface area (TPSA) is 20.2 Å². The lowest BCUT2D eigenvalue weighted by molar-refractivity contribution is 0.168. The number of hydrogen-bond donors (Lipinski definition) is 1. The van der Waals surface area contributed by atoms with Gasteiger partial charge < -0.3 is 5.11 Å². The monoisotopic (exact) mass is 266 g/mol. The Morgan fingerprint density at radius 2 is 2.20 bits per heavy atom. The summed E-state index contributed by atoms with van der Waals surface area (Å²) < 4.78 is 1.05. The molecule has 80 valence electrons. The van der Waals surface area contributed by atoms with Crippen molar-refractivity contribution in [3.05, 3.63) is 33.8 Å². The van der Waals surface area contributed by atoms with Gasteiger partial charge in [-0.1, -0.05) is 22.0 Å². The standard InChI is InChI=1S/C13H15BrO/c1-3-4-5-6-13(15)12-8-7-11(14)9-10(12)2/h7-9,13,15H,5-6H2,1-2H3. The predicted molar refractivity (Wildman–Crippen MR) is 66.5 cm³/mol. The highest BCUT2D eigenvalue weighted by atomic mass is 79.9. The van der Waals surface area contributed by atoms with Gasteiger partial charge in [0.2, 0.25) is 0 Å². The van der Waals surface area contributed by atoms with Gasteiger partial charge in [0.15, 0.2) is 0 Å². The van der Waals surface area contributed by atoms with Gasteiger partial charge in [0.1, 0.15) is 0 Å². The fraction of sp³-hybridized carbons (Fsp3) is 0.385. The van der Waals surface area contributed by atoms with Gasteiger partial charge in [-0.2, -0.15) is 0 Å². The van der Waals surface area contributed by atoms with E-state index in [2.05, 4.69) is 27.8 Å². The lowest BCUT2D eigenvalue weighted by Gasteiger charge is -2.12. The van der Waals surface area contributed by atoms with Crippen LogP contribution in [0, 0.1) is 18.8 Å². The molecule has 0 spiro atoms. The highest BCUT2D eigenvalue weighted by Gasteiger charge is 2.09. The van der Waals surface area contributed by atoms with Crippen molar-refractivity contribution in [2.75, 3.05) is 0 Å². The molecule has 1 rings (SSSR count). The van der Waals surface area contributed by atoms with Crippen LogP contribution in [0.3, 0.4) is 0 Å². The van der Waals surface area contributed by atoms with E-state index in [1.54, 1.807) is 0 Å². The molecule has 1 aromatic rings. The van der Waals surface area contributed by atoms with Crippen LogP contribution < -0.4 is 0 Å². The molecule has 1 atom stereocenters. The number of rotatable bonds is 3. The largest absolute Gasteiger partial charge is 0.388 e. The van der Waals surface area contributed by atoms with E-state index in [-0.39, 0.29) is 0 Å². The Balaban J connectivity index is 2.71. The van der Waals surface area contributed by atoms with Crippen LogP contribution in [0.15, 0.2) is 22.7 Å². The van der Waals surface area contributed by atoms with E-state index in [9.17, 15) is 5.11 Å². The third-order valence-corrected chi connectivity index (χ3v) is 2.80. The molecule has 1 N–H and O–H groups in total. The van der Waals surface area contributed by atoms with E-state index < -0.39 is 6.10 Å². The average molecular weight is 267 g/mol. The minimum absolute atomic E-state index is 0.404. The summed E-state index contributed by atoms with van der Waals surface area (Å²) in [5.74, 6) is 5.79. The first-order chi connectivity index (χ1) is 7.15. The second-order valence-electron chi connectivity index (χ2n) is 3.48. The molecule has 0 radical (unpaired) electrons. The summed E-state index contributed by atoms with van der Waals surface area (Å²) in [6, 6.07) is 5.94. The summed E-state index contributed by atoms with van der Waals surface area (Å²) in [6.45, 7) is 3.83. The normalized spacial score (nSPS) is 11.7. The number of benzene rings is 1. The molecular weight excluding hydrogens is 252 g/mol. The smallest absolute Gasteiger partial charge is 0.0801 e. The summed E-state index contributed by atoms with van der Waals surface area (Å²) in [6.07, 6.45) is 1.04. The van der Waals surface area contributed by atoms with Gasteiger partial charge in [-0.05, 0) is 43.5 Å². The SMILES string of the molecule is CC#CCCC(O)c1ccc(Br)cc1C. The molecule has 0 saturated heterocycles. The molecule has 0 aromatic heterocycles. The molecule has 0 aliphatic rings. The first-order valence-corrected chi connectivity index (χ1v) is 5.78. The lowest BCUT2D eigenvalue weighted by Crippen LogP contribution is -1.99. The highest BCUT2D eigenvalue weighted by molar-refractivity contribution is 9.10. The number of hydrogen-bond acceptors (Lipinski definition) is 1. The molecule has 0 aliphatic heterocycles. The van der Waals surface area contributed by atoms with Crippen molar-refractivity contribution in [1.29, 1.82) is 0 Å². The van der Waals surface area contributed by atoms with Gasteiger partial charge in [0.25, 0.3) is 0 Å². The van der Waals surface area contributed by atoms with Crippen molar-refractivity contribution in [3.8, 4) is 11.8 Å². The Morgan fingerprint density at radius 1 is 1.47 bits per heavy atom. The molecule has 0 aliphatic carbocycles. The van der Waals surface area contributed by atoms with Gasteiger partial charge in [0.05, 0.1) is 6.10 Å². The van der Waals surface area contributed by atoms with Crippen LogP contribution in [0.4, 0.5) is 0 Å². The van der Waals surface area contributed by atoms with Gasteiger partial charge >= 0.3 is 0 Å². The molecule has 0 amide bonds. The molecule has 0 bridgehead atoms. The van der Waals surface area contributed by atoms with Crippen LogP contribution in [0.5, 0.6) is 0 Å². The molecular formula is C13H15BrO. The van der Waals surface area contributed by atoms with E-state index in [1.807, 2.05) is 32.0 Å². The summed E-state index contributed by atoms with van der Waals surface area (Å²) in [5.41, 5.74) is 2.11. The average Bonchev–Trinajstić information content (AvgIpc) is 2.17. The Kier molecular flexibility index (Phi) is 4.87. The molecule has 0 saturated carbocycles. The van der Waals surface area contributed by atoms with Gasteiger partial charge in [-0.25, -0.2) is 0 Å². The minimum atomic E-state index is -0.404. The summed E-state index contributed by atoms with van der Waals surface area (Å²) in [4.78, 5) is 0. The number of aryl methyl sites for hydroxylation is 1. The van der Waals surface area contributed by atoms with Crippen LogP contribution >= 0.6 is 15.9 Å². The van der Waals surface area contributed by atoms with E-state index >= 15 is 0 Å². The Labute approximate surface area is 99.6 Å². The maximum Gasteiger partial charge on any atom is 0.0801 e. The molecule has 0 heterocycles. The maximum atomic E-state index is 9.94. The summed E-state index contributed by atoms with van der Waals surface area (Å²) in [7, 11) is 0. The van der Waals surface area contributed by atoms with Crippen molar-refractivity contribution in [2.24, 2.45) is 0 Å². The maximum absolute atomic E-state index is 9.94. The molecule has 1 aromatic carbocycles. The van der Waals surface area contributed by atoms with Gasteiger partial charge in [-0.3, -0.25) is 0 Å². The third kappa shape index (κ3) is 3.70. The zero-order chi connectivity index (χ0) is 11.3. The summed E-state index contributed by atoms with van der Waals surface area (Å²) >= 11 is 3.41. The molecule has 0 fully saturated rings. The number of aliphatic hydroxyl groups excluding tert-OH is 1. The first kappa shape index (κ1) is 12.3. The van der Waals surface area contributed by atoms with Crippen LogP contribution in [-0.4, -0.2) is 5.11 Å². The first-order valence-electron chi connectivity index (χ1n) is 4.99. The van der Waals surface area contributed by atoms with E-state index in [0.717, 1.165) is 22.0 Å². The van der Waals surface area contributed by atoms with E-state index in [4.69, 9.17) is 0 Å². The quantitative estimate of drug-likeness (QED) is 0.830. The minimum Gasteiger partial charge on any atom is -0.388 e. The zero-order valence-corrected chi connectivity index (χ0v) is 10.6. The summed E-state index contributed by atoms with van der Waals surface area (Å²) in [5, 5.41) is 9.94. The van der Waals surface area contributed by atoms with E-state index in [1.165, 1.54) is 0 Å². The second-order valence-corrected chi connectivity index (χ2v) is 4.40. The van der Waals surface area contributed by atoms with Crippen LogP contribution in [0.25, 0.3) is 0 Å². The number of halogens is 1. The Hall–Kier alpha value is -0.780. The van der Waals surface area contributed by atoms with E-state index in [0.29, 0.717) is 6.42 Å². The zero-order valence-electron chi connectivity index (χ0n) is 9.05. The number of aliphatic hydroxyl groups is 1. The molecule has 1 nitrogen and oxygen atoms in total. The van der Waals surface area contributed by atoms with Crippen molar-refractivity contribution < 1.29 is 5.11 Å². The third-order valence-electron chi connectivity index (χ3n) is 2.31. The van der Waals surface area contributed by atoms with Crippen LogP contribution in [0.2, 0.25) is 0 Å². The Morgan fingerprint density at radius 3 is 2.80 bits per heavy atom. The Bertz CT molecular complexity index is 387. The highest BCUT2D eigenvalue weighted by Crippen LogP contribution is 2.24. The van der Waals surface area contributed by atoms with Crippen molar-refractivity contribution in [3.63, 3.8) is 0 Å². The molecule has 1 unspecified atom stereocenters. The van der Waals surface area contributed by atoms with Gasteiger partial charge in [0, 0.05) is 10.9 Å². The molecule has 15 heavy (non-hydrogen) atoms. The van der Waals surface area contributed by atoms with Crippen molar-refractivity contribution in [1.82, 2.24) is 0 Å². The predicted octanol–water partition coefficient (Wildman–Crippen LogP) is 3.59. The van der Waals surface area contributed by atoms with Crippen LogP contribution in [0.1, 0.15) is 37.0 Å². The van der Waals surface area contributed by atoms with Gasteiger partial charge in [-0.15, -0.1) is 11.8 Å². The van der Waals surface area contributed by atoms with Crippen LogP contribution in [-0.2, 0) is 0 Å². The lowest BCUT2D eigenvalue weighted by atomic mass is 10.0. The van der Waals surface area contributed by atoms with Crippen molar-refractivity contribution in [2.45, 2.75) is 32.8 Å². The fourth-order valence-electron chi connectivity index (χ4n) is 1.50. The second kappa shape index (κ2) is 5.95. The fourth-order valence-corrected chi connectivity index (χ4v) is 1.98.